The maximum Gasteiger partial charge on any atom is 0.411 e. The van der Waals surface area contributed by atoms with E-state index in [0.29, 0.717) is 5.56 Å². The van der Waals surface area contributed by atoms with Crippen molar-refractivity contribution in [3.05, 3.63) is 59.7 Å². The van der Waals surface area contributed by atoms with Crippen LogP contribution >= 0.6 is 0 Å². The lowest BCUT2D eigenvalue weighted by atomic mass is 9.87. The summed E-state index contributed by atoms with van der Waals surface area (Å²) in [6.07, 6.45) is -1.44. The zero-order valence-corrected chi connectivity index (χ0v) is 13.5. The number of fused-ring (bicyclic) bond motifs is 1. The number of ether oxygens (including phenoxy) is 2. The normalized spacial score (nSPS) is 19.7. The zero-order chi connectivity index (χ0) is 18.2. The third-order valence-corrected chi connectivity index (χ3v) is 3.92. The van der Waals surface area contributed by atoms with Crippen LogP contribution in [0.15, 0.2) is 54.1 Å². The van der Waals surface area contributed by atoms with Crippen molar-refractivity contribution in [2.45, 2.75) is 19.4 Å². The molecule has 1 aliphatic heterocycles. The lowest BCUT2D eigenvalue weighted by Gasteiger charge is -2.25. The average Bonchev–Trinajstić information content (AvgIpc) is 2.78. The molecule has 0 saturated heterocycles. The molecule has 0 saturated carbocycles. The molecule has 1 atom stereocenters. The second kappa shape index (κ2) is 5.94. The molecule has 2 N–H and O–H groups in total. The Morgan fingerprint density at radius 3 is 2.52 bits per heavy atom. The van der Waals surface area contributed by atoms with Crippen LogP contribution in [0.2, 0.25) is 0 Å². The van der Waals surface area contributed by atoms with Gasteiger partial charge in [-0.1, -0.05) is 42.5 Å². The number of Topliss-reactive ketones (excluding diaryl/α,β-unsaturated/α-hetero) is 1. The Labute approximate surface area is 142 Å². The van der Waals surface area contributed by atoms with Crippen LogP contribution in [0.1, 0.15) is 19.4 Å². The second-order valence-corrected chi connectivity index (χ2v) is 5.67. The predicted molar refractivity (Wildman–Crippen MR) is 87.3 cm³/mol. The van der Waals surface area contributed by atoms with Crippen LogP contribution in [0.25, 0.3) is 10.8 Å². The SMILES string of the molecule is CC(=O)OC1=C(NC(=O)O)OC(C)(c2cccc3ccccc23)C1=O. The van der Waals surface area contributed by atoms with Crippen LogP contribution in [-0.2, 0) is 24.7 Å². The molecule has 0 aromatic heterocycles. The molecule has 7 nitrogen and oxygen atoms in total. The van der Waals surface area contributed by atoms with Crippen molar-refractivity contribution >= 4 is 28.6 Å². The van der Waals surface area contributed by atoms with E-state index in [1.54, 1.807) is 12.1 Å². The first-order valence-corrected chi connectivity index (χ1v) is 7.47. The minimum Gasteiger partial charge on any atom is -0.465 e. The van der Waals surface area contributed by atoms with Gasteiger partial charge in [-0.2, -0.15) is 0 Å². The lowest BCUT2D eigenvalue weighted by Crippen LogP contribution is -2.32. The van der Waals surface area contributed by atoms with E-state index >= 15 is 0 Å². The van der Waals surface area contributed by atoms with E-state index in [0.717, 1.165) is 17.7 Å². The summed E-state index contributed by atoms with van der Waals surface area (Å²) in [7, 11) is 0. The van der Waals surface area contributed by atoms with Gasteiger partial charge >= 0.3 is 12.1 Å². The number of carbonyl (C=O) groups excluding carboxylic acids is 2. The molecule has 1 unspecified atom stereocenters. The topological polar surface area (TPSA) is 102 Å². The smallest absolute Gasteiger partial charge is 0.411 e. The fourth-order valence-electron chi connectivity index (χ4n) is 2.85. The molecule has 0 bridgehead atoms. The van der Waals surface area contributed by atoms with Crippen LogP contribution in [-0.4, -0.2) is 23.0 Å². The molecule has 0 aliphatic carbocycles. The molecule has 25 heavy (non-hydrogen) atoms. The quantitative estimate of drug-likeness (QED) is 0.832. The van der Waals surface area contributed by atoms with Gasteiger partial charge in [0.15, 0.2) is 5.60 Å². The fourth-order valence-corrected chi connectivity index (χ4v) is 2.85. The van der Waals surface area contributed by atoms with E-state index in [1.807, 2.05) is 35.6 Å². The summed E-state index contributed by atoms with van der Waals surface area (Å²) in [6, 6.07) is 12.8. The number of rotatable bonds is 3. The molecule has 0 fully saturated rings. The standard InChI is InChI=1S/C18H15NO6/c1-10(20)24-14-15(21)18(2,25-16(14)19-17(22)23)13-9-5-7-11-6-3-4-8-12(11)13/h3-9,19H,1-2H3,(H,22,23). The highest BCUT2D eigenvalue weighted by Gasteiger charge is 2.50. The number of hydrogen-bond donors (Lipinski definition) is 2. The molecule has 1 amide bonds. The van der Waals surface area contributed by atoms with Crippen LogP contribution < -0.4 is 5.32 Å². The summed E-state index contributed by atoms with van der Waals surface area (Å²) in [6.45, 7) is 2.63. The van der Waals surface area contributed by atoms with Crippen LogP contribution in [0.5, 0.6) is 0 Å². The van der Waals surface area contributed by atoms with Crippen LogP contribution in [0.4, 0.5) is 4.79 Å². The number of nitrogens with one attached hydrogen (secondary N) is 1. The molecule has 0 spiro atoms. The molecule has 7 heteroatoms. The summed E-state index contributed by atoms with van der Waals surface area (Å²) < 4.78 is 10.5. The van der Waals surface area contributed by atoms with E-state index < -0.39 is 35.1 Å². The van der Waals surface area contributed by atoms with Crippen molar-refractivity contribution in [2.24, 2.45) is 0 Å². The van der Waals surface area contributed by atoms with Gasteiger partial charge in [-0.25, -0.2) is 4.79 Å². The Bertz CT molecular complexity index is 927. The van der Waals surface area contributed by atoms with E-state index in [1.165, 1.54) is 6.92 Å². The van der Waals surface area contributed by atoms with Gasteiger partial charge in [-0.15, -0.1) is 0 Å². The predicted octanol–water partition coefficient (Wildman–Crippen LogP) is 2.65. The zero-order valence-electron chi connectivity index (χ0n) is 13.5. The first kappa shape index (κ1) is 16.5. The molecule has 1 aliphatic rings. The average molecular weight is 341 g/mol. The summed E-state index contributed by atoms with van der Waals surface area (Å²) in [5.74, 6) is -2.24. The Kier molecular flexibility index (Phi) is 3.92. The summed E-state index contributed by atoms with van der Waals surface area (Å²) in [5.41, 5.74) is -0.980. The van der Waals surface area contributed by atoms with E-state index in [-0.39, 0.29) is 0 Å². The molecule has 1 heterocycles. The minimum absolute atomic E-state index is 0.400. The number of ketones is 1. The highest BCUT2D eigenvalue weighted by atomic mass is 16.6. The summed E-state index contributed by atoms with van der Waals surface area (Å²) in [5, 5.41) is 12.6. The molecular weight excluding hydrogens is 326 g/mol. The van der Waals surface area contributed by atoms with E-state index in [2.05, 4.69) is 0 Å². The van der Waals surface area contributed by atoms with Gasteiger partial charge in [0.2, 0.25) is 11.6 Å². The van der Waals surface area contributed by atoms with Crippen molar-refractivity contribution in [1.82, 2.24) is 5.32 Å². The molecule has 0 radical (unpaired) electrons. The maximum atomic E-state index is 12.9. The first-order chi connectivity index (χ1) is 11.8. The Morgan fingerprint density at radius 2 is 1.84 bits per heavy atom. The van der Waals surface area contributed by atoms with E-state index in [9.17, 15) is 14.4 Å². The molecule has 128 valence electrons. The van der Waals surface area contributed by atoms with Gasteiger partial charge in [-0.05, 0) is 17.7 Å². The van der Waals surface area contributed by atoms with Gasteiger partial charge in [0.05, 0.1) is 0 Å². The second-order valence-electron chi connectivity index (χ2n) is 5.67. The Balaban J connectivity index is 2.12. The number of esters is 1. The van der Waals surface area contributed by atoms with Crippen LogP contribution in [0.3, 0.4) is 0 Å². The Hall–Kier alpha value is -3.35. The highest BCUT2D eigenvalue weighted by Crippen LogP contribution is 2.41. The largest absolute Gasteiger partial charge is 0.465 e. The third kappa shape index (κ3) is 2.80. The molecule has 2 aromatic carbocycles. The minimum atomic E-state index is -1.52. The summed E-state index contributed by atoms with van der Waals surface area (Å²) >= 11 is 0. The maximum absolute atomic E-state index is 12.9. The summed E-state index contributed by atoms with van der Waals surface area (Å²) in [4.78, 5) is 35.2. The number of amides is 1. The van der Waals surface area contributed by atoms with E-state index in [4.69, 9.17) is 14.6 Å². The number of benzene rings is 2. The number of carbonyl (C=O) groups is 3. The van der Waals surface area contributed by atoms with Gasteiger partial charge < -0.3 is 14.6 Å². The molecular formula is C18H15NO6. The first-order valence-electron chi connectivity index (χ1n) is 7.47. The van der Waals surface area contributed by atoms with Crippen molar-refractivity contribution in [3.8, 4) is 0 Å². The molecule has 2 aromatic rings. The number of hydrogen-bond acceptors (Lipinski definition) is 5. The van der Waals surface area contributed by atoms with Gasteiger partial charge in [0.25, 0.3) is 5.78 Å². The highest BCUT2D eigenvalue weighted by molar-refractivity contribution is 6.07. The Morgan fingerprint density at radius 1 is 1.16 bits per heavy atom. The van der Waals surface area contributed by atoms with Gasteiger partial charge in [-0.3, -0.25) is 14.9 Å². The molecule has 3 rings (SSSR count). The van der Waals surface area contributed by atoms with Gasteiger partial charge in [0, 0.05) is 12.5 Å². The van der Waals surface area contributed by atoms with Crippen molar-refractivity contribution in [3.63, 3.8) is 0 Å². The van der Waals surface area contributed by atoms with Gasteiger partial charge in [0.1, 0.15) is 0 Å². The fraction of sp³-hybridized carbons (Fsp3) is 0.167. The number of carboxylic acid groups (broad SMARTS) is 1. The van der Waals surface area contributed by atoms with Crippen molar-refractivity contribution in [2.75, 3.05) is 0 Å². The van der Waals surface area contributed by atoms with Crippen molar-refractivity contribution in [1.29, 1.82) is 0 Å². The van der Waals surface area contributed by atoms with Crippen molar-refractivity contribution < 1.29 is 29.0 Å². The lowest BCUT2D eigenvalue weighted by molar-refractivity contribution is -0.142. The monoisotopic (exact) mass is 341 g/mol. The van der Waals surface area contributed by atoms with Crippen LogP contribution in [0, 0.1) is 0 Å². The third-order valence-electron chi connectivity index (χ3n) is 3.92.